The second-order valence-corrected chi connectivity index (χ2v) is 9.27. The normalized spacial score (nSPS) is 40.2. The number of hydrogen-bond donors (Lipinski definition) is 0. The number of nitrogens with zero attached hydrogens (tertiary/aromatic N) is 3. The van der Waals surface area contributed by atoms with Gasteiger partial charge in [-0.1, -0.05) is 0 Å². The first kappa shape index (κ1) is 18.7. The largest absolute Gasteiger partial charge is 0.450 e. The van der Waals surface area contributed by atoms with Crippen molar-refractivity contribution in [2.24, 2.45) is 17.8 Å². The van der Waals surface area contributed by atoms with E-state index in [1.807, 2.05) is 11.8 Å². The van der Waals surface area contributed by atoms with Crippen molar-refractivity contribution in [3.8, 4) is 0 Å². The molecule has 5 atom stereocenters. The molecule has 7 nitrogen and oxygen atoms in total. The molecule has 5 aliphatic rings. The highest BCUT2D eigenvalue weighted by Crippen LogP contribution is 2.54. The predicted octanol–water partition coefficient (Wildman–Crippen LogP) is 1.57. The Bertz CT molecular complexity index is 597. The van der Waals surface area contributed by atoms with Crippen LogP contribution in [-0.2, 0) is 14.3 Å². The number of fused-ring (bicyclic) bond motifs is 3. The number of carbonyl (C=O) groups excluding carboxylic acids is 2. The van der Waals surface area contributed by atoms with E-state index >= 15 is 0 Å². The van der Waals surface area contributed by atoms with Gasteiger partial charge in [0, 0.05) is 38.1 Å². The summed E-state index contributed by atoms with van der Waals surface area (Å²) in [5, 5.41) is 0. The Morgan fingerprint density at radius 2 is 1.61 bits per heavy atom. The second-order valence-electron chi connectivity index (χ2n) is 9.27. The fourth-order valence-corrected chi connectivity index (χ4v) is 6.23. The van der Waals surface area contributed by atoms with Crippen LogP contribution in [0.4, 0.5) is 4.79 Å². The van der Waals surface area contributed by atoms with Crippen LogP contribution in [0, 0.1) is 17.8 Å². The lowest BCUT2D eigenvalue weighted by Gasteiger charge is -2.49. The summed E-state index contributed by atoms with van der Waals surface area (Å²) < 4.78 is 11.0. The minimum absolute atomic E-state index is 0.124. The van der Waals surface area contributed by atoms with Gasteiger partial charge >= 0.3 is 6.09 Å². The Balaban J connectivity index is 1.17. The topological polar surface area (TPSA) is 62.3 Å². The Morgan fingerprint density at radius 3 is 2.21 bits per heavy atom. The Kier molecular flexibility index (Phi) is 4.99. The van der Waals surface area contributed by atoms with Gasteiger partial charge in [0.15, 0.2) is 0 Å². The number of piperidine rings is 3. The van der Waals surface area contributed by atoms with E-state index in [2.05, 4.69) is 9.80 Å². The first-order valence-corrected chi connectivity index (χ1v) is 11.2. The molecule has 4 aliphatic heterocycles. The lowest BCUT2D eigenvalue weighted by atomic mass is 9.89. The monoisotopic (exact) mass is 391 g/mol. The van der Waals surface area contributed by atoms with Crippen molar-refractivity contribution in [2.45, 2.75) is 57.2 Å². The molecule has 7 heteroatoms. The van der Waals surface area contributed by atoms with E-state index in [0.717, 1.165) is 39.0 Å². The van der Waals surface area contributed by atoms with Crippen LogP contribution in [0.1, 0.15) is 39.0 Å². The summed E-state index contributed by atoms with van der Waals surface area (Å²) in [7, 11) is 0. The van der Waals surface area contributed by atoms with Gasteiger partial charge in [0.2, 0.25) is 5.91 Å². The molecule has 0 aromatic heterocycles. The van der Waals surface area contributed by atoms with Crippen molar-refractivity contribution in [3.63, 3.8) is 0 Å². The van der Waals surface area contributed by atoms with Crippen molar-refractivity contribution < 1.29 is 19.1 Å². The molecule has 156 valence electrons. The molecule has 2 amide bonds. The van der Waals surface area contributed by atoms with Gasteiger partial charge in [-0.25, -0.2) is 4.79 Å². The average Bonchev–Trinajstić information content (AvgIpc) is 3.20. The summed E-state index contributed by atoms with van der Waals surface area (Å²) in [4.78, 5) is 31.8. The maximum atomic E-state index is 12.8. The lowest BCUT2D eigenvalue weighted by molar-refractivity contribution is -0.134. The standard InChI is InChI=1S/C21H33N3O4/c1-2-28-21(26)24-15-8-14(9-16(24)13-27-12-15)23-10-17-18(11-23)19(17)20(25)22-6-4-3-5-7-22/h14-19H,2-13H2,1H3/t14?,15?,16?,17-,18+,19+. The van der Waals surface area contributed by atoms with Crippen LogP contribution in [0.25, 0.3) is 0 Å². The molecular weight excluding hydrogens is 358 g/mol. The quantitative estimate of drug-likeness (QED) is 0.731. The Labute approximate surface area is 167 Å². The molecule has 1 aliphatic carbocycles. The van der Waals surface area contributed by atoms with Crippen LogP contribution in [-0.4, -0.2) is 90.8 Å². The van der Waals surface area contributed by atoms with E-state index in [1.165, 1.54) is 19.3 Å². The number of morpholine rings is 1. The van der Waals surface area contributed by atoms with Gasteiger partial charge in [-0.15, -0.1) is 0 Å². The zero-order chi connectivity index (χ0) is 19.3. The van der Waals surface area contributed by atoms with Crippen molar-refractivity contribution in [2.75, 3.05) is 46.0 Å². The summed E-state index contributed by atoms with van der Waals surface area (Å²) in [6.45, 7) is 7.54. The highest BCUT2D eigenvalue weighted by atomic mass is 16.6. The van der Waals surface area contributed by atoms with Gasteiger partial charge in [0.05, 0.1) is 31.9 Å². The molecule has 4 saturated heterocycles. The van der Waals surface area contributed by atoms with E-state index in [0.29, 0.717) is 43.6 Å². The van der Waals surface area contributed by atoms with Crippen LogP contribution < -0.4 is 0 Å². The molecule has 0 aromatic rings. The van der Waals surface area contributed by atoms with E-state index in [1.54, 1.807) is 0 Å². The zero-order valence-electron chi connectivity index (χ0n) is 16.9. The molecule has 0 N–H and O–H groups in total. The molecule has 0 spiro atoms. The summed E-state index contributed by atoms with van der Waals surface area (Å²) >= 11 is 0. The summed E-state index contributed by atoms with van der Waals surface area (Å²) in [6, 6.07) is 0.752. The van der Waals surface area contributed by atoms with E-state index in [9.17, 15) is 9.59 Å². The number of likely N-dealkylation sites (tertiary alicyclic amines) is 2. The molecule has 2 bridgehead atoms. The molecule has 5 fully saturated rings. The van der Waals surface area contributed by atoms with Crippen molar-refractivity contribution in [3.05, 3.63) is 0 Å². The number of carbonyl (C=O) groups is 2. The number of rotatable bonds is 3. The van der Waals surface area contributed by atoms with Crippen LogP contribution in [0.3, 0.4) is 0 Å². The summed E-state index contributed by atoms with van der Waals surface area (Å²) in [5.74, 6) is 1.84. The maximum Gasteiger partial charge on any atom is 0.410 e. The van der Waals surface area contributed by atoms with Crippen LogP contribution in [0.15, 0.2) is 0 Å². The molecule has 4 heterocycles. The second kappa shape index (κ2) is 7.48. The van der Waals surface area contributed by atoms with Crippen LogP contribution >= 0.6 is 0 Å². The van der Waals surface area contributed by atoms with Gasteiger partial charge < -0.3 is 14.4 Å². The van der Waals surface area contributed by atoms with Gasteiger partial charge in [0.1, 0.15) is 0 Å². The third-order valence-electron chi connectivity index (χ3n) is 7.67. The number of ether oxygens (including phenoxy) is 2. The Hall–Kier alpha value is -1.34. The first-order chi connectivity index (χ1) is 13.7. The summed E-state index contributed by atoms with van der Waals surface area (Å²) in [5.41, 5.74) is 0. The molecule has 0 radical (unpaired) electrons. The predicted molar refractivity (Wildman–Crippen MR) is 103 cm³/mol. The van der Waals surface area contributed by atoms with Crippen LogP contribution in [0.5, 0.6) is 0 Å². The van der Waals surface area contributed by atoms with Gasteiger partial charge in [-0.05, 0) is 50.9 Å². The first-order valence-electron chi connectivity index (χ1n) is 11.2. The minimum atomic E-state index is -0.185. The molecule has 0 aromatic carbocycles. The Morgan fingerprint density at radius 1 is 0.964 bits per heavy atom. The van der Waals surface area contributed by atoms with Gasteiger partial charge in [0.25, 0.3) is 0 Å². The molecule has 1 saturated carbocycles. The van der Waals surface area contributed by atoms with E-state index in [-0.39, 0.29) is 24.1 Å². The molecular formula is C21H33N3O4. The maximum absolute atomic E-state index is 12.8. The zero-order valence-corrected chi connectivity index (χ0v) is 16.9. The molecule has 5 rings (SSSR count). The van der Waals surface area contributed by atoms with E-state index < -0.39 is 0 Å². The number of amides is 2. The SMILES string of the molecule is CCOC(=O)N1C2COCC1CC(N1C[C@@H]3[C@H](C1)[C@H]3C(=O)N1CCCCC1)C2. The molecule has 2 unspecified atom stereocenters. The highest BCUT2D eigenvalue weighted by molar-refractivity contribution is 5.82. The third-order valence-corrected chi connectivity index (χ3v) is 7.67. The summed E-state index contributed by atoms with van der Waals surface area (Å²) in [6.07, 6.45) is 5.34. The van der Waals surface area contributed by atoms with Crippen molar-refractivity contribution >= 4 is 12.0 Å². The van der Waals surface area contributed by atoms with Crippen LogP contribution in [0.2, 0.25) is 0 Å². The van der Waals surface area contributed by atoms with Gasteiger partial charge in [-0.2, -0.15) is 0 Å². The van der Waals surface area contributed by atoms with Crippen molar-refractivity contribution in [1.29, 1.82) is 0 Å². The average molecular weight is 392 g/mol. The highest BCUT2D eigenvalue weighted by Gasteiger charge is 2.61. The fourth-order valence-electron chi connectivity index (χ4n) is 6.23. The van der Waals surface area contributed by atoms with Gasteiger partial charge in [-0.3, -0.25) is 14.6 Å². The number of hydrogen-bond acceptors (Lipinski definition) is 5. The van der Waals surface area contributed by atoms with E-state index in [4.69, 9.17) is 9.47 Å². The van der Waals surface area contributed by atoms with Crippen molar-refractivity contribution in [1.82, 2.24) is 14.7 Å². The third kappa shape index (κ3) is 3.20. The fraction of sp³-hybridized carbons (Fsp3) is 0.905. The minimum Gasteiger partial charge on any atom is -0.450 e. The smallest absolute Gasteiger partial charge is 0.410 e. The lowest BCUT2D eigenvalue weighted by Crippen LogP contribution is -2.62. The molecule has 28 heavy (non-hydrogen) atoms.